The molecule has 0 aliphatic carbocycles. The third kappa shape index (κ3) is 2.20. The first-order valence-electron chi connectivity index (χ1n) is 5.35. The van der Waals surface area contributed by atoms with Gasteiger partial charge in [-0.05, 0) is 11.6 Å². The van der Waals surface area contributed by atoms with Crippen molar-refractivity contribution in [3.63, 3.8) is 0 Å². The van der Waals surface area contributed by atoms with Crippen LogP contribution >= 0.6 is 0 Å². The number of carbonyl (C=O) groups excluding carboxylic acids is 2. The highest BCUT2D eigenvalue weighted by atomic mass is 16.6. The van der Waals surface area contributed by atoms with Crippen LogP contribution in [0.2, 0.25) is 0 Å². The molecule has 1 aromatic rings. The summed E-state index contributed by atoms with van der Waals surface area (Å²) in [6.07, 6.45) is 1.59. The summed E-state index contributed by atoms with van der Waals surface area (Å²) in [6.45, 7) is 3.79. The number of methoxy groups -OCH3 is 1. The molecule has 0 unspecified atom stereocenters. The van der Waals surface area contributed by atoms with Gasteiger partial charge in [0.25, 0.3) is 0 Å². The van der Waals surface area contributed by atoms with Gasteiger partial charge in [-0.2, -0.15) is 0 Å². The van der Waals surface area contributed by atoms with Gasteiger partial charge in [0, 0.05) is 6.07 Å². The van der Waals surface area contributed by atoms with Gasteiger partial charge in [-0.1, -0.05) is 12.7 Å². The summed E-state index contributed by atoms with van der Waals surface area (Å²) in [5, 5.41) is 0. The summed E-state index contributed by atoms with van der Waals surface area (Å²) in [4.78, 5) is 22.9. The number of rotatable bonds is 4. The molecule has 0 fully saturated rings. The van der Waals surface area contributed by atoms with E-state index in [1.54, 1.807) is 18.2 Å². The normalized spacial score (nSPS) is 13.6. The van der Waals surface area contributed by atoms with E-state index in [9.17, 15) is 9.59 Å². The number of hydrogen-bond donors (Lipinski definition) is 0. The van der Waals surface area contributed by atoms with Gasteiger partial charge in [-0.3, -0.25) is 4.79 Å². The monoisotopic (exact) mass is 248 g/mol. The summed E-state index contributed by atoms with van der Waals surface area (Å²) >= 11 is 0. The lowest BCUT2D eigenvalue weighted by atomic mass is 10.0. The molecule has 0 aromatic heterocycles. The second-order valence-electron chi connectivity index (χ2n) is 3.70. The zero-order chi connectivity index (χ0) is 13.1. The van der Waals surface area contributed by atoms with Gasteiger partial charge in [-0.25, -0.2) is 4.79 Å². The third-order valence-corrected chi connectivity index (χ3v) is 2.50. The van der Waals surface area contributed by atoms with Crippen LogP contribution in [-0.2, 0) is 16.0 Å². The zero-order valence-corrected chi connectivity index (χ0v) is 9.89. The van der Waals surface area contributed by atoms with Crippen LogP contribution in [-0.4, -0.2) is 25.7 Å². The molecule has 0 saturated carbocycles. The van der Waals surface area contributed by atoms with E-state index in [4.69, 9.17) is 9.47 Å². The van der Waals surface area contributed by atoms with Crippen molar-refractivity contribution in [1.82, 2.24) is 0 Å². The molecule has 0 saturated heterocycles. The van der Waals surface area contributed by atoms with E-state index in [-0.39, 0.29) is 18.6 Å². The number of esters is 2. The van der Waals surface area contributed by atoms with Crippen molar-refractivity contribution in [1.29, 1.82) is 0 Å². The van der Waals surface area contributed by atoms with Crippen LogP contribution in [0.5, 0.6) is 11.5 Å². The molecule has 0 radical (unpaired) electrons. The number of fused-ring (bicyclic) bond motifs is 1. The van der Waals surface area contributed by atoms with Gasteiger partial charge in [0.1, 0.15) is 23.7 Å². The van der Waals surface area contributed by atoms with Crippen LogP contribution in [0.4, 0.5) is 0 Å². The summed E-state index contributed by atoms with van der Waals surface area (Å²) in [7, 11) is 1.50. The molecule has 0 atom stereocenters. The summed E-state index contributed by atoms with van der Waals surface area (Å²) < 4.78 is 15.1. The lowest BCUT2D eigenvalue weighted by molar-refractivity contribution is -0.137. The minimum Gasteiger partial charge on any atom is -0.497 e. The largest absolute Gasteiger partial charge is 0.497 e. The standard InChI is InChI=1S/C13H12O5/c1-3-4-17-10-7-9(16-2)5-8-6-11(14)18-13(15)12(8)10/h3,5,7H,1,4,6H2,2H3. The Bertz CT molecular complexity index is 518. The first kappa shape index (κ1) is 12.2. The molecule has 1 aliphatic rings. The highest BCUT2D eigenvalue weighted by Crippen LogP contribution is 2.32. The Morgan fingerprint density at radius 1 is 1.44 bits per heavy atom. The minimum atomic E-state index is -0.692. The van der Waals surface area contributed by atoms with Gasteiger partial charge in [0.15, 0.2) is 0 Å². The Balaban J connectivity index is 2.50. The number of cyclic esters (lactones) is 2. The van der Waals surface area contributed by atoms with Crippen molar-refractivity contribution < 1.29 is 23.8 Å². The Morgan fingerprint density at radius 3 is 2.89 bits per heavy atom. The van der Waals surface area contributed by atoms with Crippen molar-refractivity contribution in [3.05, 3.63) is 35.9 Å². The summed E-state index contributed by atoms with van der Waals surface area (Å²) in [6, 6.07) is 3.22. The van der Waals surface area contributed by atoms with Gasteiger partial charge in [-0.15, -0.1) is 0 Å². The predicted molar refractivity (Wildman–Crippen MR) is 62.8 cm³/mol. The maximum absolute atomic E-state index is 11.7. The summed E-state index contributed by atoms with van der Waals surface area (Å²) in [5.41, 5.74) is 0.826. The Kier molecular flexibility index (Phi) is 3.32. The Labute approximate surface area is 104 Å². The number of ether oxygens (including phenoxy) is 3. The fraction of sp³-hybridized carbons (Fsp3) is 0.231. The average Bonchev–Trinajstić information content (AvgIpc) is 2.34. The van der Waals surface area contributed by atoms with Crippen LogP contribution in [0, 0.1) is 0 Å². The lowest BCUT2D eigenvalue weighted by Crippen LogP contribution is -2.23. The molecule has 94 valence electrons. The highest BCUT2D eigenvalue weighted by Gasteiger charge is 2.29. The van der Waals surface area contributed by atoms with E-state index in [1.165, 1.54) is 7.11 Å². The molecule has 5 heteroatoms. The van der Waals surface area contributed by atoms with Crippen LogP contribution in [0.25, 0.3) is 0 Å². The van der Waals surface area contributed by atoms with Crippen LogP contribution in [0.3, 0.4) is 0 Å². The van der Waals surface area contributed by atoms with E-state index < -0.39 is 11.9 Å². The quantitative estimate of drug-likeness (QED) is 0.459. The van der Waals surface area contributed by atoms with Crippen molar-refractivity contribution in [3.8, 4) is 11.5 Å². The lowest BCUT2D eigenvalue weighted by Gasteiger charge is -2.18. The molecule has 0 N–H and O–H groups in total. The fourth-order valence-corrected chi connectivity index (χ4v) is 1.74. The fourth-order valence-electron chi connectivity index (χ4n) is 1.74. The minimum absolute atomic E-state index is 0.0305. The molecule has 0 spiro atoms. The molecule has 1 aliphatic heterocycles. The van der Waals surface area contributed by atoms with Gasteiger partial charge in [0.05, 0.1) is 13.5 Å². The van der Waals surface area contributed by atoms with Crippen LogP contribution < -0.4 is 9.47 Å². The maximum Gasteiger partial charge on any atom is 0.349 e. The molecule has 1 aromatic carbocycles. The number of hydrogen-bond acceptors (Lipinski definition) is 5. The smallest absolute Gasteiger partial charge is 0.349 e. The molecule has 5 nitrogen and oxygen atoms in total. The molecule has 0 bridgehead atoms. The summed E-state index contributed by atoms with van der Waals surface area (Å²) in [5.74, 6) is -0.407. The van der Waals surface area contributed by atoms with Crippen molar-refractivity contribution >= 4 is 11.9 Å². The first-order valence-corrected chi connectivity index (χ1v) is 5.35. The van der Waals surface area contributed by atoms with Gasteiger partial charge in [0.2, 0.25) is 0 Å². The molecular weight excluding hydrogens is 236 g/mol. The Hall–Kier alpha value is -2.30. The second kappa shape index (κ2) is 4.91. The molecule has 1 heterocycles. The van der Waals surface area contributed by atoms with Crippen LogP contribution in [0.15, 0.2) is 24.8 Å². The van der Waals surface area contributed by atoms with Gasteiger partial charge >= 0.3 is 11.9 Å². The topological polar surface area (TPSA) is 61.8 Å². The van der Waals surface area contributed by atoms with Crippen molar-refractivity contribution in [2.75, 3.05) is 13.7 Å². The maximum atomic E-state index is 11.7. The van der Waals surface area contributed by atoms with E-state index in [1.807, 2.05) is 0 Å². The van der Waals surface area contributed by atoms with E-state index in [2.05, 4.69) is 11.3 Å². The van der Waals surface area contributed by atoms with E-state index in [0.717, 1.165) is 0 Å². The Morgan fingerprint density at radius 2 is 2.22 bits per heavy atom. The molecule has 0 amide bonds. The van der Waals surface area contributed by atoms with Gasteiger partial charge < -0.3 is 14.2 Å². The highest BCUT2D eigenvalue weighted by molar-refractivity contribution is 6.04. The molecule has 2 rings (SSSR count). The first-order chi connectivity index (χ1) is 8.65. The zero-order valence-electron chi connectivity index (χ0n) is 9.89. The van der Waals surface area contributed by atoms with E-state index >= 15 is 0 Å². The third-order valence-electron chi connectivity index (χ3n) is 2.50. The average molecular weight is 248 g/mol. The number of benzene rings is 1. The SMILES string of the molecule is C=CCOc1cc(OC)cc2c1C(=O)OC(=O)C2. The van der Waals surface area contributed by atoms with Crippen molar-refractivity contribution in [2.24, 2.45) is 0 Å². The number of carbonyl (C=O) groups is 2. The second-order valence-corrected chi connectivity index (χ2v) is 3.70. The molecular formula is C13H12O5. The van der Waals surface area contributed by atoms with E-state index in [0.29, 0.717) is 17.1 Å². The molecule has 18 heavy (non-hydrogen) atoms. The van der Waals surface area contributed by atoms with Crippen LogP contribution in [0.1, 0.15) is 15.9 Å². The van der Waals surface area contributed by atoms with Crippen molar-refractivity contribution in [2.45, 2.75) is 6.42 Å². The predicted octanol–water partition coefficient (Wildman–Crippen LogP) is 1.50.